The van der Waals surface area contributed by atoms with E-state index in [0.717, 1.165) is 22.5 Å². The highest BCUT2D eigenvalue weighted by atomic mass is 35.5. The van der Waals surface area contributed by atoms with Crippen molar-refractivity contribution >= 4 is 46.2 Å². The summed E-state index contributed by atoms with van der Waals surface area (Å²) in [5.41, 5.74) is 2.78. The van der Waals surface area contributed by atoms with Crippen molar-refractivity contribution in [1.82, 2.24) is 4.98 Å². The van der Waals surface area contributed by atoms with Crippen LogP contribution in [0.25, 0.3) is 17.0 Å². The number of fused-ring (bicyclic) bond motifs is 1. The number of hydrogen-bond donors (Lipinski definition) is 1. The second-order valence-corrected chi connectivity index (χ2v) is 8.01. The third-order valence-electron chi connectivity index (χ3n) is 5.16. The van der Waals surface area contributed by atoms with Crippen LogP contribution in [0.2, 0.25) is 10.0 Å². The number of aromatic nitrogens is 1. The Morgan fingerprint density at radius 2 is 2.10 bits per heavy atom. The van der Waals surface area contributed by atoms with Gasteiger partial charge in [0.15, 0.2) is 0 Å². The van der Waals surface area contributed by atoms with Crippen molar-refractivity contribution < 1.29 is 23.8 Å². The summed E-state index contributed by atoms with van der Waals surface area (Å²) in [7, 11) is 0. The molecule has 1 aromatic heterocycles. The first-order valence-electron chi connectivity index (χ1n) is 9.56. The number of benzene rings is 2. The topological polar surface area (TPSA) is 68.7 Å². The summed E-state index contributed by atoms with van der Waals surface area (Å²) in [6.07, 6.45) is 3.67. The molecule has 1 fully saturated rings. The Kier molecular flexibility index (Phi) is 6.14. The van der Waals surface area contributed by atoms with Gasteiger partial charge in [-0.05, 0) is 54.5 Å². The van der Waals surface area contributed by atoms with Gasteiger partial charge in [0, 0.05) is 34.2 Å². The molecule has 0 amide bonds. The van der Waals surface area contributed by atoms with Crippen LogP contribution in [0.1, 0.15) is 35.6 Å². The molecule has 4 rings (SSSR count). The molecule has 1 aliphatic rings. The lowest BCUT2D eigenvalue weighted by Crippen LogP contribution is -2.26. The molecule has 2 heterocycles. The van der Waals surface area contributed by atoms with Crippen molar-refractivity contribution in [3.05, 3.63) is 75.2 Å². The minimum Gasteiger partial charge on any atom is -0.486 e. The SMILES string of the molecule is C[C@H](Oc1ccc2ncc(/C=C/C(=O)O)c(C3COC3)c2c1)c1c(Cl)ccc(F)c1Cl. The molecule has 1 saturated heterocycles. The first kappa shape index (κ1) is 21.6. The number of carbonyl (C=O) groups is 1. The van der Waals surface area contributed by atoms with Gasteiger partial charge in [0.2, 0.25) is 0 Å². The minimum absolute atomic E-state index is 0.0733. The van der Waals surface area contributed by atoms with Gasteiger partial charge in [-0.15, -0.1) is 0 Å². The second-order valence-electron chi connectivity index (χ2n) is 7.23. The summed E-state index contributed by atoms with van der Waals surface area (Å²) < 4.78 is 25.3. The fourth-order valence-electron chi connectivity index (χ4n) is 3.61. The van der Waals surface area contributed by atoms with E-state index in [1.165, 1.54) is 18.2 Å². The van der Waals surface area contributed by atoms with E-state index in [1.54, 1.807) is 19.2 Å². The smallest absolute Gasteiger partial charge is 0.328 e. The quantitative estimate of drug-likeness (QED) is 0.358. The van der Waals surface area contributed by atoms with Gasteiger partial charge < -0.3 is 14.6 Å². The highest BCUT2D eigenvalue weighted by molar-refractivity contribution is 6.36. The molecule has 0 spiro atoms. The standard InChI is InChI=1S/C23H18Cl2FNO4/c1-12(21-17(24)4-5-18(26)23(21)25)31-15-3-6-19-16(8-15)22(14-10-30-11-14)13(9-27-19)2-7-20(28)29/h2-9,12,14H,10-11H2,1H3,(H,28,29)/b7-2+/t12-/m0/s1. The Morgan fingerprint density at radius 3 is 2.77 bits per heavy atom. The lowest BCUT2D eigenvalue weighted by molar-refractivity contribution is -0.131. The van der Waals surface area contributed by atoms with Crippen molar-refractivity contribution in [3.63, 3.8) is 0 Å². The first-order valence-corrected chi connectivity index (χ1v) is 10.3. The van der Waals surface area contributed by atoms with Crippen LogP contribution in [0.4, 0.5) is 4.39 Å². The maximum atomic E-state index is 13.9. The summed E-state index contributed by atoms with van der Waals surface area (Å²) in [6.45, 7) is 2.83. The Balaban J connectivity index is 1.75. The number of halogens is 3. The number of carboxylic acids is 1. The first-order chi connectivity index (χ1) is 14.8. The van der Waals surface area contributed by atoms with Crippen LogP contribution in [0.3, 0.4) is 0 Å². The summed E-state index contributed by atoms with van der Waals surface area (Å²) in [5.74, 6) is -0.954. The monoisotopic (exact) mass is 461 g/mol. The van der Waals surface area contributed by atoms with Gasteiger partial charge in [-0.2, -0.15) is 0 Å². The molecule has 1 atom stereocenters. The zero-order chi connectivity index (χ0) is 22.1. The van der Waals surface area contributed by atoms with Crippen molar-refractivity contribution in [2.45, 2.75) is 18.9 Å². The summed E-state index contributed by atoms with van der Waals surface area (Å²) in [4.78, 5) is 15.4. The van der Waals surface area contributed by atoms with Crippen LogP contribution >= 0.6 is 23.2 Å². The number of carboxylic acid groups (broad SMARTS) is 1. The molecule has 0 radical (unpaired) electrons. The molecule has 31 heavy (non-hydrogen) atoms. The Labute approximate surface area is 188 Å². The highest BCUT2D eigenvalue weighted by Crippen LogP contribution is 2.38. The summed E-state index contributed by atoms with van der Waals surface area (Å²) in [5, 5.41) is 10.1. The molecule has 0 saturated carbocycles. The minimum atomic E-state index is -1.04. The van der Waals surface area contributed by atoms with E-state index in [4.69, 9.17) is 37.8 Å². The number of nitrogens with zero attached hydrogens (tertiary/aromatic N) is 1. The van der Waals surface area contributed by atoms with Crippen molar-refractivity contribution in [1.29, 1.82) is 0 Å². The average Bonchev–Trinajstić information content (AvgIpc) is 2.69. The van der Waals surface area contributed by atoms with E-state index < -0.39 is 17.9 Å². The molecule has 0 bridgehead atoms. The van der Waals surface area contributed by atoms with Gasteiger partial charge in [0.1, 0.15) is 17.7 Å². The lowest BCUT2D eigenvalue weighted by Gasteiger charge is -2.29. The fourth-order valence-corrected chi connectivity index (χ4v) is 4.29. The van der Waals surface area contributed by atoms with Gasteiger partial charge in [0.05, 0.1) is 23.8 Å². The van der Waals surface area contributed by atoms with Crippen LogP contribution in [-0.2, 0) is 9.53 Å². The van der Waals surface area contributed by atoms with Crippen molar-refractivity contribution in [2.24, 2.45) is 0 Å². The Morgan fingerprint density at radius 1 is 1.32 bits per heavy atom. The van der Waals surface area contributed by atoms with Crippen LogP contribution in [0.5, 0.6) is 5.75 Å². The predicted molar refractivity (Wildman–Crippen MR) is 117 cm³/mol. The van der Waals surface area contributed by atoms with Gasteiger partial charge in [-0.1, -0.05) is 23.2 Å². The van der Waals surface area contributed by atoms with Crippen molar-refractivity contribution in [2.75, 3.05) is 13.2 Å². The number of hydrogen-bond acceptors (Lipinski definition) is 4. The van der Waals surface area contributed by atoms with Crippen LogP contribution in [0.15, 0.2) is 42.6 Å². The van der Waals surface area contributed by atoms with E-state index in [0.29, 0.717) is 35.1 Å². The number of aliphatic carboxylic acids is 1. The number of ether oxygens (including phenoxy) is 2. The van der Waals surface area contributed by atoms with Gasteiger partial charge in [-0.25, -0.2) is 9.18 Å². The van der Waals surface area contributed by atoms with Gasteiger partial charge >= 0.3 is 5.97 Å². The maximum Gasteiger partial charge on any atom is 0.328 e. The van der Waals surface area contributed by atoms with Crippen molar-refractivity contribution in [3.8, 4) is 5.75 Å². The van der Waals surface area contributed by atoms with E-state index in [9.17, 15) is 9.18 Å². The predicted octanol–water partition coefficient (Wildman–Crippen LogP) is 6.03. The maximum absolute atomic E-state index is 13.9. The molecule has 5 nitrogen and oxygen atoms in total. The van der Waals surface area contributed by atoms with Crippen LogP contribution < -0.4 is 4.74 Å². The molecule has 160 valence electrons. The van der Waals surface area contributed by atoms with E-state index in [-0.39, 0.29) is 10.9 Å². The third kappa shape index (κ3) is 4.37. The molecule has 8 heteroatoms. The van der Waals surface area contributed by atoms with E-state index >= 15 is 0 Å². The average molecular weight is 462 g/mol. The van der Waals surface area contributed by atoms with Crippen LogP contribution in [0, 0.1) is 5.82 Å². The van der Waals surface area contributed by atoms with Gasteiger partial charge in [-0.3, -0.25) is 4.98 Å². The second kappa shape index (κ2) is 8.83. The normalized spacial score (nSPS) is 15.2. The van der Waals surface area contributed by atoms with Crippen LogP contribution in [-0.4, -0.2) is 29.3 Å². The zero-order valence-electron chi connectivity index (χ0n) is 16.4. The number of rotatable bonds is 6. The van der Waals surface area contributed by atoms with E-state index in [1.807, 2.05) is 12.1 Å². The third-order valence-corrected chi connectivity index (χ3v) is 5.88. The van der Waals surface area contributed by atoms with Gasteiger partial charge in [0.25, 0.3) is 0 Å². The van der Waals surface area contributed by atoms with E-state index in [2.05, 4.69) is 4.98 Å². The summed E-state index contributed by atoms with van der Waals surface area (Å²) in [6, 6.07) is 8.08. The molecule has 3 aromatic rings. The Bertz CT molecular complexity index is 1190. The molecule has 0 aliphatic carbocycles. The summed E-state index contributed by atoms with van der Waals surface area (Å²) >= 11 is 12.3. The Hall–Kier alpha value is -2.67. The fraction of sp³-hybridized carbons (Fsp3) is 0.217. The highest BCUT2D eigenvalue weighted by Gasteiger charge is 2.26. The molecule has 2 aromatic carbocycles. The zero-order valence-corrected chi connectivity index (χ0v) is 18.0. The largest absolute Gasteiger partial charge is 0.486 e. The molecule has 0 unspecified atom stereocenters. The molecular formula is C23H18Cl2FNO4. The molecule has 1 N–H and O–H groups in total. The number of pyridine rings is 1. The lowest BCUT2D eigenvalue weighted by atomic mass is 9.90. The molecular weight excluding hydrogens is 444 g/mol. The molecule has 1 aliphatic heterocycles.